The molecule has 154 valence electrons. The van der Waals surface area contributed by atoms with Crippen LogP contribution in [0.4, 0.5) is 17.5 Å². The lowest BCUT2D eigenvalue weighted by atomic mass is 10.0. The molecule has 3 aromatic heterocycles. The van der Waals surface area contributed by atoms with Gasteiger partial charge in [-0.1, -0.05) is 19.0 Å². The van der Waals surface area contributed by atoms with Crippen molar-refractivity contribution in [2.75, 3.05) is 43.4 Å². The largest absolute Gasteiger partial charge is 0.368 e. The van der Waals surface area contributed by atoms with Crippen molar-refractivity contribution < 1.29 is 4.52 Å². The van der Waals surface area contributed by atoms with Crippen LogP contribution >= 0.6 is 0 Å². The Bertz CT molecular complexity index is 1180. The fourth-order valence-electron chi connectivity index (χ4n) is 3.83. The summed E-state index contributed by atoms with van der Waals surface area (Å²) in [4.78, 5) is 18.5. The smallest absolute Gasteiger partial charge is 0.228 e. The van der Waals surface area contributed by atoms with Crippen LogP contribution in [0.15, 0.2) is 41.2 Å². The minimum atomic E-state index is 0.243. The van der Waals surface area contributed by atoms with Crippen LogP contribution < -0.4 is 10.2 Å². The number of pyridine rings is 1. The van der Waals surface area contributed by atoms with E-state index in [0.717, 1.165) is 59.4 Å². The van der Waals surface area contributed by atoms with E-state index in [-0.39, 0.29) is 5.92 Å². The minimum Gasteiger partial charge on any atom is -0.368 e. The lowest BCUT2D eigenvalue weighted by Gasteiger charge is -2.33. The van der Waals surface area contributed by atoms with E-state index in [4.69, 9.17) is 9.51 Å². The number of fused-ring (bicyclic) bond motifs is 3. The average molecular weight is 403 g/mol. The van der Waals surface area contributed by atoms with E-state index in [2.05, 4.69) is 57.2 Å². The van der Waals surface area contributed by atoms with E-state index in [1.165, 1.54) is 0 Å². The Balaban J connectivity index is 1.42. The molecule has 4 aromatic rings. The molecule has 0 bridgehead atoms. The van der Waals surface area contributed by atoms with E-state index in [9.17, 15) is 0 Å². The Labute approximate surface area is 174 Å². The standard InChI is InChI=1S/C22H25N7O/c1-14(2)20-19-17(30-27-20)6-4-15-12-24-22(26-21(15)19)25-18-7-5-16(13-23-18)29-10-8-28(3)9-11-29/h4-7,12-14H,8-11H2,1-3H3,(H,23,24,25,26). The monoisotopic (exact) mass is 403 g/mol. The first-order valence-corrected chi connectivity index (χ1v) is 10.3. The molecule has 1 aliphatic rings. The second-order valence-corrected chi connectivity index (χ2v) is 8.11. The number of benzene rings is 1. The molecule has 0 radical (unpaired) electrons. The van der Waals surface area contributed by atoms with Crippen molar-refractivity contribution in [1.29, 1.82) is 0 Å². The second kappa shape index (κ2) is 7.53. The molecule has 0 aliphatic carbocycles. The summed E-state index contributed by atoms with van der Waals surface area (Å²) in [6.07, 6.45) is 3.73. The van der Waals surface area contributed by atoms with Crippen LogP contribution in [0.3, 0.4) is 0 Å². The Morgan fingerprint density at radius 3 is 2.57 bits per heavy atom. The molecule has 1 saturated heterocycles. The molecule has 30 heavy (non-hydrogen) atoms. The van der Waals surface area contributed by atoms with Gasteiger partial charge in [0.25, 0.3) is 0 Å². The first-order chi connectivity index (χ1) is 14.6. The molecule has 8 nitrogen and oxygen atoms in total. The highest BCUT2D eigenvalue weighted by atomic mass is 16.5. The lowest BCUT2D eigenvalue weighted by Crippen LogP contribution is -2.44. The van der Waals surface area contributed by atoms with Crippen LogP contribution in [-0.2, 0) is 0 Å². The number of aromatic nitrogens is 4. The number of rotatable bonds is 4. The number of nitrogens with one attached hydrogen (secondary N) is 1. The number of piperazine rings is 1. The quantitative estimate of drug-likeness (QED) is 0.551. The van der Waals surface area contributed by atoms with Crippen molar-refractivity contribution in [1.82, 2.24) is 25.0 Å². The predicted molar refractivity (Wildman–Crippen MR) is 118 cm³/mol. The fraction of sp³-hybridized carbons (Fsp3) is 0.364. The van der Waals surface area contributed by atoms with Gasteiger partial charge in [0.2, 0.25) is 5.95 Å². The van der Waals surface area contributed by atoms with E-state index < -0.39 is 0 Å². The molecule has 0 saturated carbocycles. The predicted octanol–water partition coefficient (Wildman–Crippen LogP) is 3.78. The molecular weight excluding hydrogens is 378 g/mol. The van der Waals surface area contributed by atoms with Crippen molar-refractivity contribution in [3.05, 3.63) is 42.4 Å². The van der Waals surface area contributed by atoms with Gasteiger partial charge in [0.05, 0.1) is 28.5 Å². The molecule has 1 fully saturated rings. The van der Waals surface area contributed by atoms with Crippen molar-refractivity contribution in [2.24, 2.45) is 0 Å². The molecule has 1 N–H and O–H groups in total. The van der Waals surface area contributed by atoms with Crippen molar-refractivity contribution in [3.8, 4) is 0 Å². The van der Waals surface area contributed by atoms with Gasteiger partial charge in [0.1, 0.15) is 5.82 Å². The molecule has 0 atom stereocenters. The zero-order valence-electron chi connectivity index (χ0n) is 17.5. The maximum absolute atomic E-state index is 5.50. The van der Waals surface area contributed by atoms with Crippen LogP contribution in [0, 0.1) is 0 Å². The molecule has 0 amide bonds. The van der Waals surface area contributed by atoms with Gasteiger partial charge in [0.15, 0.2) is 5.58 Å². The van der Waals surface area contributed by atoms with Gasteiger partial charge in [-0.05, 0) is 37.2 Å². The molecule has 8 heteroatoms. The summed E-state index contributed by atoms with van der Waals surface area (Å²) in [5.41, 5.74) is 3.63. The molecule has 4 heterocycles. The third-order valence-corrected chi connectivity index (χ3v) is 5.62. The second-order valence-electron chi connectivity index (χ2n) is 8.11. The summed E-state index contributed by atoms with van der Waals surface area (Å²) in [7, 11) is 2.16. The first-order valence-electron chi connectivity index (χ1n) is 10.3. The zero-order valence-corrected chi connectivity index (χ0v) is 17.5. The van der Waals surface area contributed by atoms with E-state index in [1.54, 1.807) is 0 Å². The van der Waals surface area contributed by atoms with Gasteiger partial charge in [-0.3, -0.25) is 0 Å². The number of hydrogen-bond acceptors (Lipinski definition) is 8. The van der Waals surface area contributed by atoms with Crippen molar-refractivity contribution in [3.63, 3.8) is 0 Å². The van der Waals surface area contributed by atoms with Gasteiger partial charge >= 0.3 is 0 Å². The summed E-state index contributed by atoms with van der Waals surface area (Å²) in [6, 6.07) is 7.95. The first kappa shape index (κ1) is 18.7. The van der Waals surface area contributed by atoms with E-state index in [0.29, 0.717) is 11.8 Å². The highest BCUT2D eigenvalue weighted by Gasteiger charge is 2.17. The SMILES string of the molecule is CC(C)c1noc2ccc3cnc(Nc4ccc(N5CCN(C)CC5)cn4)nc3c12. The Kier molecular flexibility index (Phi) is 4.71. The Morgan fingerprint density at radius 2 is 1.83 bits per heavy atom. The summed E-state index contributed by atoms with van der Waals surface area (Å²) >= 11 is 0. The Morgan fingerprint density at radius 1 is 1.00 bits per heavy atom. The summed E-state index contributed by atoms with van der Waals surface area (Å²) < 4.78 is 5.50. The summed E-state index contributed by atoms with van der Waals surface area (Å²) in [5.74, 6) is 1.46. The van der Waals surface area contributed by atoms with Crippen LogP contribution in [0.1, 0.15) is 25.5 Å². The normalized spacial score (nSPS) is 15.4. The number of likely N-dealkylation sites (N-methyl/N-ethyl adjacent to an activating group) is 1. The highest BCUT2D eigenvalue weighted by Crippen LogP contribution is 2.31. The fourth-order valence-corrected chi connectivity index (χ4v) is 3.83. The van der Waals surface area contributed by atoms with Gasteiger partial charge in [0, 0.05) is 37.8 Å². The van der Waals surface area contributed by atoms with E-state index >= 15 is 0 Å². The van der Waals surface area contributed by atoms with Crippen molar-refractivity contribution >= 4 is 39.3 Å². The topological polar surface area (TPSA) is 83.2 Å². The van der Waals surface area contributed by atoms with Crippen LogP contribution in [-0.4, -0.2) is 58.2 Å². The lowest BCUT2D eigenvalue weighted by molar-refractivity contribution is 0.313. The molecule has 0 spiro atoms. The van der Waals surface area contributed by atoms with Gasteiger partial charge < -0.3 is 19.6 Å². The van der Waals surface area contributed by atoms with Gasteiger partial charge in [-0.2, -0.15) is 0 Å². The molecular formula is C22H25N7O. The minimum absolute atomic E-state index is 0.243. The molecule has 5 rings (SSSR count). The average Bonchev–Trinajstić information content (AvgIpc) is 3.20. The van der Waals surface area contributed by atoms with Crippen LogP contribution in [0.5, 0.6) is 0 Å². The van der Waals surface area contributed by atoms with E-state index in [1.807, 2.05) is 30.6 Å². The molecule has 1 aliphatic heterocycles. The molecule has 0 unspecified atom stereocenters. The number of anilines is 3. The maximum Gasteiger partial charge on any atom is 0.228 e. The third kappa shape index (κ3) is 3.43. The molecule has 1 aromatic carbocycles. The van der Waals surface area contributed by atoms with Crippen molar-refractivity contribution in [2.45, 2.75) is 19.8 Å². The van der Waals surface area contributed by atoms with Crippen LogP contribution in [0.2, 0.25) is 0 Å². The van der Waals surface area contributed by atoms with Crippen LogP contribution in [0.25, 0.3) is 21.9 Å². The van der Waals surface area contributed by atoms with Gasteiger partial charge in [-0.15, -0.1) is 0 Å². The maximum atomic E-state index is 5.50. The number of hydrogen-bond donors (Lipinski definition) is 1. The highest BCUT2D eigenvalue weighted by molar-refractivity contribution is 6.04. The summed E-state index contributed by atoms with van der Waals surface area (Å²) in [5, 5.41) is 9.37. The summed E-state index contributed by atoms with van der Waals surface area (Å²) in [6.45, 7) is 8.38. The van der Waals surface area contributed by atoms with Gasteiger partial charge in [-0.25, -0.2) is 15.0 Å². The third-order valence-electron chi connectivity index (χ3n) is 5.62. The zero-order chi connectivity index (χ0) is 20.7. The Hall–Kier alpha value is -3.26. The number of nitrogens with zero attached hydrogens (tertiary/aromatic N) is 6.